The summed E-state index contributed by atoms with van der Waals surface area (Å²) in [4.78, 5) is 20.3. The predicted octanol–water partition coefficient (Wildman–Crippen LogP) is 0.777. The lowest BCUT2D eigenvalue weighted by Crippen LogP contribution is -2.37. The van der Waals surface area contributed by atoms with Crippen LogP contribution < -0.4 is 15.6 Å². The number of likely N-dealkylation sites (N-methyl/N-ethyl adjacent to an activating group) is 1. The third kappa shape index (κ3) is 3.73. The number of aromatic nitrogens is 2. The van der Waals surface area contributed by atoms with Gasteiger partial charge in [0.05, 0.1) is 13.4 Å². The molecule has 1 atom stereocenters. The van der Waals surface area contributed by atoms with Crippen molar-refractivity contribution in [3.05, 3.63) is 16.7 Å². The number of hydrogen-bond donors (Lipinski definition) is 2. The van der Waals surface area contributed by atoms with Gasteiger partial charge < -0.3 is 19.9 Å². The van der Waals surface area contributed by atoms with Crippen LogP contribution >= 0.6 is 0 Å². The van der Waals surface area contributed by atoms with E-state index in [4.69, 9.17) is 4.74 Å². The third-order valence-electron chi connectivity index (χ3n) is 2.70. The first-order valence-electron chi connectivity index (χ1n) is 5.98. The molecular formula is C12H22N4O2. The second-order valence-electron chi connectivity index (χ2n) is 4.87. The molecule has 6 heteroatoms. The van der Waals surface area contributed by atoms with Crippen LogP contribution in [0.25, 0.3) is 0 Å². The highest BCUT2D eigenvalue weighted by Gasteiger charge is 2.18. The van der Waals surface area contributed by atoms with Crippen LogP contribution in [0, 0.1) is 5.92 Å². The van der Waals surface area contributed by atoms with Crippen LogP contribution in [-0.2, 0) is 0 Å². The van der Waals surface area contributed by atoms with Gasteiger partial charge in [-0.15, -0.1) is 0 Å². The minimum atomic E-state index is -0.276. The largest absolute Gasteiger partial charge is 0.489 e. The van der Waals surface area contributed by atoms with E-state index in [0.717, 1.165) is 6.54 Å². The summed E-state index contributed by atoms with van der Waals surface area (Å²) in [5, 5.41) is 3.27. The lowest BCUT2D eigenvalue weighted by atomic mass is 10.0. The Kier molecular flexibility index (Phi) is 5.15. The molecular weight excluding hydrogens is 232 g/mol. The third-order valence-corrected chi connectivity index (χ3v) is 2.70. The first kappa shape index (κ1) is 14.5. The van der Waals surface area contributed by atoms with Crippen molar-refractivity contribution >= 4 is 5.82 Å². The molecule has 102 valence electrons. The minimum Gasteiger partial charge on any atom is -0.489 e. The lowest BCUT2D eigenvalue weighted by molar-refractivity contribution is 0.342. The van der Waals surface area contributed by atoms with Gasteiger partial charge in [0.1, 0.15) is 0 Å². The maximum atomic E-state index is 11.6. The summed E-state index contributed by atoms with van der Waals surface area (Å²) >= 11 is 0. The summed E-state index contributed by atoms with van der Waals surface area (Å²) in [6.07, 6.45) is 1.38. The van der Waals surface area contributed by atoms with Crippen molar-refractivity contribution in [3.8, 4) is 5.75 Å². The van der Waals surface area contributed by atoms with Crippen LogP contribution in [0.4, 0.5) is 5.82 Å². The standard InChI is InChI=1S/C12H22N4O2/c1-8(2)9(6-16(3)4)15-11-10(18-5)12(17)14-7-13-11/h7-9H,6H2,1-5H3,(H2,13,14,15,17). The number of anilines is 1. The van der Waals surface area contributed by atoms with Gasteiger partial charge in [-0.05, 0) is 20.0 Å². The number of H-pyrrole nitrogens is 1. The minimum absolute atomic E-state index is 0.197. The number of rotatable bonds is 6. The maximum Gasteiger partial charge on any atom is 0.295 e. The Morgan fingerprint density at radius 3 is 2.67 bits per heavy atom. The average Bonchev–Trinajstić information content (AvgIpc) is 2.27. The molecule has 1 unspecified atom stereocenters. The molecule has 1 heterocycles. The first-order chi connectivity index (χ1) is 8.45. The summed E-state index contributed by atoms with van der Waals surface area (Å²) in [5.41, 5.74) is -0.276. The highest BCUT2D eigenvalue weighted by molar-refractivity contribution is 5.48. The zero-order chi connectivity index (χ0) is 13.7. The Hall–Kier alpha value is -1.56. The van der Waals surface area contributed by atoms with Crippen LogP contribution in [0.3, 0.4) is 0 Å². The van der Waals surface area contributed by atoms with Crippen molar-refractivity contribution in [2.75, 3.05) is 33.1 Å². The highest BCUT2D eigenvalue weighted by atomic mass is 16.5. The van der Waals surface area contributed by atoms with Gasteiger partial charge >= 0.3 is 0 Å². The Balaban J connectivity index is 2.93. The molecule has 0 amide bonds. The van der Waals surface area contributed by atoms with Gasteiger partial charge in [-0.25, -0.2) is 4.98 Å². The average molecular weight is 254 g/mol. The molecule has 1 aromatic heterocycles. The van der Waals surface area contributed by atoms with Crippen molar-refractivity contribution in [2.45, 2.75) is 19.9 Å². The number of nitrogens with zero attached hydrogens (tertiary/aromatic N) is 2. The normalized spacial score (nSPS) is 12.8. The summed E-state index contributed by atoms with van der Waals surface area (Å²) in [6, 6.07) is 0.197. The lowest BCUT2D eigenvalue weighted by Gasteiger charge is -2.26. The Labute approximate surface area is 107 Å². The molecule has 2 N–H and O–H groups in total. The molecule has 18 heavy (non-hydrogen) atoms. The van der Waals surface area contributed by atoms with E-state index >= 15 is 0 Å². The number of ether oxygens (including phenoxy) is 1. The van der Waals surface area contributed by atoms with Crippen LogP contribution in [0.5, 0.6) is 5.75 Å². The van der Waals surface area contributed by atoms with E-state index in [1.165, 1.54) is 13.4 Å². The summed E-state index contributed by atoms with van der Waals surface area (Å²) in [7, 11) is 5.49. The van der Waals surface area contributed by atoms with E-state index in [1.807, 2.05) is 14.1 Å². The first-order valence-corrected chi connectivity index (χ1v) is 5.98. The molecule has 0 fully saturated rings. The topological polar surface area (TPSA) is 70.2 Å². The van der Waals surface area contributed by atoms with Gasteiger partial charge in [-0.2, -0.15) is 0 Å². The SMILES string of the molecule is COc1c(NC(CN(C)C)C(C)C)nc[nH]c1=O. The second-order valence-corrected chi connectivity index (χ2v) is 4.87. The Bertz CT molecular complexity index is 428. The van der Waals surface area contributed by atoms with Crippen molar-refractivity contribution in [1.82, 2.24) is 14.9 Å². The molecule has 0 saturated heterocycles. The number of nitrogens with one attached hydrogen (secondary N) is 2. The quantitative estimate of drug-likeness (QED) is 0.785. The van der Waals surface area contributed by atoms with E-state index in [0.29, 0.717) is 11.7 Å². The van der Waals surface area contributed by atoms with E-state index in [9.17, 15) is 4.79 Å². The number of methoxy groups -OCH3 is 1. The molecule has 1 rings (SSSR count). The molecule has 0 spiro atoms. The second kappa shape index (κ2) is 6.39. The van der Waals surface area contributed by atoms with Gasteiger partial charge in [0.15, 0.2) is 5.82 Å². The molecule has 0 aliphatic heterocycles. The molecule has 1 aromatic rings. The van der Waals surface area contributed by atoms with Crippen molar-refractivity contribution < 1.29 is 4.74 Å². The zero-order valence-corrected chi connectivity index (χ0v) is 11.7. The Morgan fingerprint density at radius 1 is 1.50 bits per heavy atom. The predicted molar refractivity (Wildman–Crippen MR) is 72.2 cm³/mol. The molecule has 0 aliphatic carbocycles. The molecule has 0 saturated carbocycles. The van der Waals surface area contributed by atoms with Crippen molar-refractivity contribution in [1.29, 1.82) is 0 Å². The molecule has 0 aromatic carbocycles. The van der Waals surface area contributed by atoms with Gasteiger partial charge in [0.2, 0.25) is 5.75 Å². The smallest absolute Gasteiger partial charge is 0.295 e. The van der Waals surface area contributed by atoms with E-state index in [-0.39, 0.29) is 17.4 Å². The fourth-order valence-electron chi connectivity index (χ4n) is 1.67. The summed E-state index contributed by atoms with van der Waals surface area (Å²) in [6.45, 7) is 5.11. The molecule has 0 radical (unpaired) electrons. The van der Waals surface area contributed by atoms with E-state index in [1.54, 1.807) is 0 Å². The maximum absolute atomic E-state index is 11.6. The van der Waals surface area contributed by atoms with Gasteiger partial charge in [0, 0.05) is 12.6 Å². The van der Waals surface area contributed by atoms with Crippen molar-refractivity contribution in [3.63, 3.8) is 0 Å². The molecule has 6 nitrogen and oxygen atoms in total. The zero-order valence-electron chi connectivity index (χ0n) is 11.7. The Morgan fingerprint density at radius 2 is 2.17 bits per heavy atom. The van der Waals surface area contributed by atoms with E-state index < -0.39 is 0 Å². The van der Waals surface area contributed by atoms with Gasteiger partial charge in [-0.1, -0.05) is 13.8 Å². The van der Waals surface area contributed by atoms with Crippen LogP contribution in [0.1, 0.15) is 13.8 Å². The summed E-state index contributed by atoms with van der Waals surface area (Å²) < 4.78 is 5.08. The molecule has 0 aliphatic rings. The van der Waals surface area contributed by atoms with Crippen LogP contribution in [0.15, 0.2) is 11.1 Å². The fourth-order valence-corrected chi connectivity index (χ4v) is 1.67. The monoisotopic (exact) mass is 254 g/mol. The summed E-state index contributed by atoms with van der Waals surface area (Å²) in [5.74, 6) is 1.13. The fraction of sp³-hybridized carbons (Fsp3) is 0.667. The highest BCUT2D eigenvalue weighted by Crippen LogP contribution is 2.18. The van der Waals surface area contributed by atoms with Crippen molar-refractivity contribution in [2.24, 2.45) is 5.92 Å². The molecule has 0 bridgehead atoms. The van der Waals surface area contributed by atoms with Crippen LogP contribution in [-0.4, -0.2) is 48.7 Å². The van der Waals surface area contributed by atoms with Crippen LogP contribution in [0.2, 0.25) is 0 Å². The van der Waals surface area contributed by atoms with Gasteiger partial charge in [0.25, 0.3) is 5.56 Å². The van der Waals surface area contributed by atoms with Gasteiger partial charge in [-0.3, -0.25) is 4.79 Å². The van der Waals surface area contributed by atoms with E-state index in [2.05, 4.69) is 34.0 Å². The number of aromatic amines is 1. The number of hydrogen-bond acceptors (Lipinski definition) is 5.